The van der Waals surface area contributed by atoms with Gasteiger partial charge in [-0.1, -0.05) is 6.08 Å². The van der Waals surface area contributed by atoms with Gasteiger partial charge in [-0.2, -0.15) is 0 Å². The lowest BCUT2D eigenvalue weighted by Gasteiger charge is -2.11. The molecule has 1 heterocycles. The second-order valence-electron chi connectivity index (χ2n) is 3.72. The summed E-state index contributed by atoms with van der Waals surface area (Å²) in [6, 6.07) is 2.05. The second-order valence-corrected chi connectivity index (χ2v) is 3.72. The van der Waals surface area contributed by atoms with Crippen LogP contribution in [0.3, 0.4) is 0 Å². The van der Waals surface area contributed by atoms with Gasteiger partial charge in [0.25, 0.3) is 0 Å². The molecular weight excluding hydrogens is 339 g/mol. The Hall–Kier alpha value is -1.11. The SMILES string of the molecule is C=CCNC(=NC)NCCc1ccncc1C.I. The number of aryl methyl sites for hydroxylation is 1. The standard InChI is InChI=1S/C13H20N4.HI/c1-4-7-16-13(14-3)17-9-6-12-5-8-15-10-11(12)2;/h4-5,8,10H,1,6-7,9H2,2-3H3,(H2,14,16,17);1H. The van der Waals surface area contributed by atoms with Crippen LogP contribution < -0.4 is 10.6 Å². The van der Waals surface area contributed by atoms with Gasteiger partial charge < -0.3 is 10.6 Å². The Morgan fingerprint density at radius 3 is 2.89 bits per heavy atom. The molecule has 0 aliphatic rings. The molecule has 0 atom stereocenters. The smallest absolute Gasteiger partial charge is 0.191 e. The highest BCUT2D eigenvalue weighted by molar-refractivity contribution is 14.0. The number of pyridine rings is 1. The van der Waals surface area contributed by atoms with E-state index in [1.54, 1.807) is 13.1 Å². The van der Waals surface area contributed by atoms with Gasteiger partial charge in [0.15, 0.2) is 5.96 Å². The van der Waals surface area contributed by atoms with Crippen LogP contribution in [0, 0.1) is 6.92 Å². The summed E-state index contributed by atoms with van der Waals surface area (Å²) in [6.07, 6.45) is 6.48. The minimum Gasteiger partial charge on any atom is -0.356 e. The van der Waals surface area contributed by atoms with Crippen LogP contribution in [0.25, 0.3) is 0 Å². The fourth-order valence-electron chi connectivity index (χ4n) is 1.49. The molecule has 0 aliphatic carbocycles. The minimum atomic E-state index is 0. The molecule has 100 valence electrons. The summed E-state index contributed by atoms with van der Waals surface area (Å²) in [6.45, 7) is 7.30. The molecular formula is C13H21IN4. The normalized spacial score (nSPS) is 10.4. The number of nitrogens with zero attached hydrogens (tertiary/aromatic N) is 2. The fourth-order valence-corrected chi connectivity index (χ4v) is 1.49. The van der Waals surface area contributed by atoms with Gasteiger partial charge >= 0.3 is 0 Å². The molecule has 0 bridgehead atoms. The van der Waals surface area contributed by atoms with Crippen molar-refractivity contribution >= 4 is 29.9 Å². The van der Waals surface area contributed by atoms with Crippen LogP contribution >= 0.6 is 24.0 Å². The molecule has 0 unspecified atom stereocenters. The van der Waals surface area contributed by atoms with Crippen LogP contribution in [-0.4, -0.2) is 31.1 Å². The minimum absolute atomic E-state index is 0. The van der Waals surface area contributed by atoms with E-state index in [1.165, 1.54) is 11.1 Å². The topological polar surface area (TPSA) is 49.3 Å². The Morgan fingerprint density at radius 1 is 1.50 bits per heavy atom. The Kier molecular flexibility index (Phi) is 9.26. The summed E-state index contributed by atoms with van der Waals surface area (Å²) in [7, 11) is 1.76. The maximum Gasteiger partial charge on any atom is 0.191 e. The van der Waals surface area contributed by atoms with Gasteiger partial charge in [0, 0.05) is 32.5 Å². The van der Waals surface area contributed by atoms with Crippen molar-refractivity contribution in [3.05, 3.63) is 42.2 Å². The van der Waals surface area contributed by atoms with Crippen LogP contribution in [0.4, 0.5) is 0 Å². The van der Waals surface area contributed by atoms with E-state index in [0.717, 1.165) is 18.9 Å². The summed E-state index contributed by atoms with van der Waals surface area (Å²) >= 11 is 0. The average Bonchev–Trinajstić information content (AvgIpc) is 2.35. The lowest BCUT2D eigenvalue weighted by Crippen LogP contribution is -2.38. The van der Waals surface area contributed by atoms with Gasteiger partial charge in [0.05, 0.1) is 0 Å². The van der Waals surface area contributed by atoms with Crippen LogP contribution in [-0.2, 0) is 6.42 Å². The summed E-state index contributed by atoms with van der Waals surface area (Å²) in [5.41, 5.74) is 2.54. The number of guanidine groups is 1. The second kappa shape index (κ2) is 9.87. The van der Waals surface area contributed by atoms with Crippen LogP contribution in [0.2, 0.25) is 0 Å². The van der Waals surface area contributed by atoms with Gasteiger partial charge in [-0.3, -0.25) is 9.98 Å². The Bertz CT molecular complexity index is 390. The van der Waals surface area contributed by atoms with E-state index in [2.05, 4.69) is 40.2 Å². The average molecular weight is 360 g/mol. The van der Waals surface area contributed by atoms with Gasteiger partial charge in [-0.15, -0.1) is 30.6 Å². The quantitative estimate of drug-likeness (QED) is 0.365. The summed E-state index contributed by atoms with van der Waals surface area (Å²) in [5.74, 6) is 0.802. The Labute approximate surface area is 126 Å². The van der Waals surface area contributed by atoms with E-state index in [4.69, 9.17) is 0 Å². The number of hydrogen-bond donors (Lipinski definition) is 2. The van der Waals surface area contributed by atoms with Crippen LogP contribution in [0.15, 0.2) is 36.1 Å². The summed E-state index contributed by atoms with van der Waals surface area (Å²) < 4.78 is 0. The highest BCUT2D eigenvalue weighted by Crippen LogP contribution is 2.04. The number of rotatable bonds is 5. The molecule has 4 nitrogen and oxygen atoms in total. The zero-order chi connectivity index (χ0) is 12.5. The van der Waals surface area contributed by atoms with E-state index < -0.39 is 0 Å². The van der Waals surface area contributed by atoms with E-state index >= 15 is 0 Å². The summed E-state index contributed by atoms with van der Waals surface area (Å²) in [5, 5.41) is 6.38. The van der Waals surface area contributed by atoms with Crippen LogP contribution in [0.5, 0.6) is 0 Å². The first-order chi connectivity index (χ1) is 8.27. The molecule has 0 aromatic carbocycles. The predicted octanol–water partition coefficient (Wildman–Crippen LogP) is 1.90. The molecule has 1 aromatic heterocycles. The molecule has 0 saturated heterocycles. The van der Waals surface area contributed by atoms with Crippen molar-refractivity contribution in [1.82, 2.24) is 15.6 Å². The van der Waals surface area contributed by atoms with Crippen molar-refractivity contribution < 1.29 is 0 Å². The van der Waals surface area contributed by atoms with Crippen molar-refractivity contribution in [3.63, 3.8) is 0 Å². The van der Waals surface area contributed by atoms with Crippen molar-refractivity contribution in [3.8, 4) is 0 Å². The highest BCUT2D eigenvalue weighted by atomic mass is 127. The van der Waals surface area contributed by atoms with E-state index in [9.17, 15) is 0 Å². The van der Waals surface area contributed by atoms with E-state index in [0.29, 0.717) is 6.54 Å². The first kappa shape index (κ1) is 16.9. The van der Waals surface area contributed by atoms with Gasteiger partial charge in [-0.25, -0.2) is 0 Å². The van der Waals surface area contributed by atoms with Gasteiger partial charge in [0.1, 0.15) is 0 Å². The first-order valence-corrected chi connectivity index (χ1v) is 5.73. The molecule has 0 radical (unpaired) electrons. The van der Waals surface area contributed by atoms with Gasteiger partial charge in [-0.05, 0) is 30.5 Å². The predicted molar refractivity (Wildman–Crippen MR) is 87.7 cm³/mol. The van der Waals surface area contributed by atoms with Crippen molar-refractivity contribution in [2.45, 2.75) is 13.3 Å². The molecule has 5 heteroatoms. The molecule has 0 spiro atoms. The first-order valence-electron chi connectivity index (χ1n) is 5.73. The zero-order valence-corrected chi connectivity index (χ0v) is 13.3. The molecule has 0 saturated carbocycles. The lowest BCUT2D eigenvalue weighted by molar-refractivity contribution is 0.817. The molecule has 1 rings (SSSR count). The third-order valence-corrected chi connectivity index (χ3v) is 2.46. The number of nitrogens with one attached hydrogen (secondary N) is 2. The maximum absolute atomic E-state index is 4.11. The molecule has 0 fully saturated rings. The van der Waals surface area contributed by atoms with Crippen molar-refractivity contribution in [1.29, 1.82) is 0 Å². The highest BCUT2D eigenvalue weighted by Gasteiger charge is 1.99. The number of halogens is 1. The monoisotopic (exact) mass is 360 g/mol. The molecule has 1 aromatic rings. The molecule has 0 aliphatic heterocycles. The largest absolute Gasteiger partial charge is 0.356 e. The number of aromatic nitrogens is 1. The molecule has 0 amide bonds. The molecule has 2 N–H and O–H groups in total. The fraction of sp³-hybridized carbons (Fsp3) is 0.385. The third-order valence-electron chi connectivity index (χ3n) is 2.46. The van der Waals surface area contributed by atoms with Crippen LogP contribution in [0.1, 0.15) is 11.1 Å². The van der Waals surface area contributed by atoms with Crippen molar-refractivity contribution in [2.24, 2.45) is 4.99 Å². The third kappa shape index (κ3) is 6.00. The summed E-state index contributed by atoms with van der Waals surface area (Å²) in [4.78, 5) is 8.19. The van der Waals surface area contributed by atoms with Crippen molar-refractivity contribution in [2.75, 3.05) is 20.1 Å². The van der Waals surface area contributed by atoms with E-state index in [1.807, 2.05) is 12.4 Å². The Morgan fingerprint density at radius 2 is 2.28 bits per heavy atom. The molecule has 18 heavy (non-hydrogen) atoms. The Balaban J connectivity index is 0.00000289. The number of aliphatic imine (C=N–C) groups is 1. The maximum atomic E-state index is 4.11. The number of hydrogen-bond acceptors (Lipinski definition) is 2. The van der Waals surface area contributed by atoms with Gasteiger partial charge in [0.2, 0.25) is 0 Å². The van der Waals surface area contributed by atoms with E-state index in [-0.39, 0.29) is 24.0 Å². The lowest BCUT2D eigenvalue weighted by atomic mass is 10.1. The zero-order valence-electron chi connectivity index (χ0n) is 10.9.